The molecule has 1 N–H and O–H groups in total. The number of anilines is 1. The van der Waals surface area contributed by atoms with E-state index in [1.807, 2.05) is 6.92 Å². The molecule has 1 fully saturated rings. The van der Waals surface area contributed by atoms with Gasteiger partial charge in [0.15, 0.2) is 0 Å². The molecule has 1 atom stereocenters. The molecule has 0 spiro atoms. The Morgan fingerprint density at radius 1 is 1.07 bits per heavy atom. The second-order valence-electron chi connectivity index (χ2n) is 8.43. The summed E-state index contributed by atoms with van der Waals surface area (Å²) in [7, 11) is 0. The number of rotatable bonds is 5. The van der Waals surface area contributed by atoms with E-state index in [4.69, 9.17) is 4.74 Å². The van der Waals surface area contributed by atoms with Crippen molar-refractivity contribution >= 4 is 11.6 Å². The number of nitrogens with zero attached hydrogens (tertiary/aromatic N) is 1. The summed E-state index contributed by atoms with van der Waals surface area (Å²) in [6.45, 7) is 12.0. The maximum Gasteiger partial charge on any atom is 0.217 e. The van der Waals surface area contributed by atoms with Crippen molar-refractivity contribution in [3.63, 3.8) is 0 Å². The van der Waals surface area contributed by atoms with Gasteiger partial charge in [-0.1, -0.05) is 45.0 Å². The molecule has 1 aliphatic heterocycles. The van der Waals surface area contributed by atoms with Crippen LogP contribution in [0.4, 0.5) is 5.69 Å². The minimum atomic E-state index is -0.00940. The molecule has 0 aromatic heterocycles. The van der Waals surface area contributed by atoms with Crippen molar-refractivity contribution in [3.8, 4) is 5.75 Å². The molecular weight excluding hydrogens is 336 g/mol. The van der Waals surface area contributed by atoms with Crippen LogP contribution in [0.2, 0.25) is 0 Å². The third kappa shape index (κ3) is 4.82. The molecule has 0 bridgehead atoms. The molecule has 2 aromatic carbocycles. The van der Waals surface area contributed by atoms with E-state index < -0.39 is 0 Å². The Labute approximate surface area is 162 Å². The second-order valence-corrected chi connectivity index (χ2v) is 8.43. The smallest absolute Gasteiger partial charge is 0.217 e. The Hall–Kier alpha value is -2.49. The molecule has 0 aliphatic carbocycles. The third-order valence-electron chi connectivity index (χ3n) is 5.05. The first-order valence-corrected chi connectivity index (χ1v) is 9.61. The predicted octanol–water partition coefficient (Wildman–Crippen LogP) is 4.45. The molecule has 1 heterocycles. The van der Waals surface area contributed by atoms with Crippen LogP contribution in [0.1, 0.15) is 51.8 Å². The molecule has 1 amide bonds. The normalized spacial score (nSPS) is 15.8. The Morgan fingerprint density at radius 3 is 2.19 bits per heavy atom. The summed E-state index contributed by atoms with van der Waals surface area (Å²) in [5.74, 6) is 0.928. The monoisotopic (exact) mass is 366 g/mol. The molecule has 1 aliphatic rings. The molecule has 3 rings (SSSR count). The summed E-state index contributed by atoms with van der Waals surface area (Å²) in [5.41, 5.74) is 3.78. The highest BCUT2D eigenvalue weighted by molar-refractivity contribution is 5.73. The molecule has 4 heteroatoms. The fourth-order valence-electron chi connectivity index (χ4n) is 3.31. The van der Waals surface area contributed by atoms with Crippen LogP contribution in [0.5, 0.6) is 5.75 Å². The zero-order chi connectivity index (χ0) is 19.6. The molecule has 1 unspecified atom stereocenters. The van der Waals surface area contributed by atoms with Crippen molar-refractivity contribution in [2.45, 2.75) is 52.2 Å². The van der Waals surface area contributed by atoms with Crippen LogP contribution in [0.3, 0.4) is 0 Å². The molecule has 0 saturated carbocycles. The average molecular weight is 367 g/mol. The molecule has 144 valence electrons. The van der Waals surface area contributed by atoms with Crippen LogP contribution in [0, 0.1) is 0 Å². The van der Waals surface area contributed by atoms with Crippen molar-refractivity contribution in [1.82, 2.24) is 5.32 Å². The summed E-state index contributed by atoms with van der Waals surface area (Å²) in [5, 5.41) is 2.91. The topological polar surface area (TPSA) is 41.6 Å². The lowest BCUT2D eigenvalue weighted by Gasteiger charge is -2.40. The van der Waals surface area contributed by atoms with Crippen LogP contribution < -0.4 is 15.0 Å². The fourth-order valence-corrected chi connectivity index (χ4v) is 3.31. The molecular formula is C23H30N2O2. The molecule has 0 radical (unpaired) electrons. The highest BCUT2D eigenvalue weighted by atomic mass is 16.5. The van der Waals surface area contributed by atoms with Crippen molar-refractivity contribution in [3.05, 3.63) is 59.7 Å². The number of nitrogens with one attached hydrogen (secondary N) is 1. The number of hydrogen-bond donors (Lipinski definition) is 1. The Morgan fingerprint density at radius 2 is 1.67 bits per heavy atom. The number of amides is 1. The van der Waals surface area contributed by atoms with E-state index >= 15 is 0 Å². The van der Waals surface area contributed by atoms with Gasteiger partial charge < -0.3 is 15.0 Å². The summed E-state index contributed by atoms with van der Waals surface area (Å²) in [6.07, 6.45) is 0.225. The first-order valence-electron chi connectivity index (χ1n) is 9.61. The van der Waals surface area contributed by atoms with Gasteiger partial charge in [0.1, 0.15) is 11.9 Å². The van der Waals surface area contributed by atoms with E-state index in [2.05, 4.69) is 79.5 Å². The van der Waals surface area contributed by atoms with Crippen LogP contribution in [-0.2, 0) is 10.2 Å². The van der Waals surface area contributed by atoms with Gasteiger partial charge in [-0.2, -0.15) is 0 Å². The molecule has 4 nitrogen and oxygen atoms in total. The van der Waals surface area contributed by atoms with Gasteiger partial charge in [0.2, 0.25) is 5.91 Å². The third-order valence-corrected chi connectivity index (χ3v) is 5.05. The number of carbonyl (C=O) groups excluding carboxylic acids is 1. The van der Waals surface area contributed by atoms with Crippen LogP contribution in [0.25, 0.3) is 0 Å². The highest BCUT2D eigenvalue weighted by Crippen LogP contribution is 2.28. The number of benzene rings is 2. The summed E-state index contributed by atoms with van der Waals surface area (Å²) in [4.78, 5) is 13.5. The van der Waals surface area contributed by atoms with E-state index in [0.717, 1.165) is 24.4 Å². The Kier molecular flexibility index (Phi) is 5.45. The van der Waals surface area contributed by atoms with Gasteiger partial charge in [-0.15, -0.1) is 0 Å². The van der Waals surface area contributed by atoms with E-state index in [-0.39, 0.29) is 23.5 Å². The van der Waals surface area contributed by atoms with Gasteiger partial charge in [-0.25, -0.2) is 0 Å². The number of ether oxygens (including phenoxy) is 1. The minimum absolute atomic E-state index is 0.00940. The SMILES string of the molecule is CC(=O)NC(C)c1ccc(N2CC(Oc3ccc(C(C)(C)C)cc3)C2)cc1. The van der Waals surface area contributed by atoms with Gasteiger partial charge >= 0.3 is 0 Å². The largest absolute Gasteiger partial charge is 0.487 e. The first-order chi connectivity index (χ1) is 12.7. The van der Waals surface area contributed by atoms with E-state index in [1.54, 1.807) is 6.92 Å². The van der Waals surface area contributed by atoms with Gasteiger partial charge in [0.25, 0.3) is 0 Å². The summed E-state index contributed by atoms with van der Waals surface area (Å²) < 4.78 is 6.09. The van der Waals surface area contributed by atoms with Crippen LogP contribution in [0.15, 0.2) is 48.5 Å². The van der Waals surface area contributed by atoms with Gasteiger partial charge in [-0.05, 0) is 47.7 Å². The molecule has 27 heavy (non-hydrogen) atoms. The first kappa shape index (κ1) is 19.3. The number of hydrogen-bond acceptors (Lipinski definition) is 3. The predicted molar refractivity (Wildman–Crippen MR) is 110 cm³/mol. The Bertz CT molecular complexity index is 770. The lowest BCUT2D eigenvalue weighted by Crippen LogP contribution is -2.54. The zero-order valence-electron chi connectivity index (χ0n) is 17.0. The quantitative estimate of drug-likeness (QED) is 0.850. The second kappa shape index (κ2) is 7.63. The van der Waals surface area contributed by atoms with Gasteiger partial charge in [0.05, 0.1) is 19.1 Å². The minimum Gasteiger partial charge on any atom is -0.487 e. The van der Waals surface area contributed by atoms with Crippen molar-refractivity contribution < 1.29 is 9.53 Å². The highest BCUT2D eigenvalue weighted by Gasteiger charge is 2.28. The lowest BCUT2D eigenvalue weighted by molar-refractivity contribution is -0.119. The molecule has 2 aromatic rings. The molecule has 1 saturated heterocycles. The zero-order valence-corrected chi connectivity index (χ0v) is 17.0. The maximum atomic E-state index is 11.2. The average Bonchev–Trinajstić information content (AvgIpc) is 2.57. The Balaban J connectivity index is 1.51. The summed E-state index contributed by atoms with van der Waals surface area (Å²) in [6, 6.07) is 16.9. The van der Waals surface area contributed by atoms with Crippen molar-refractivity contribution in [2.75, 3.05) is 18.0 Å². The van der Waals surface area contributed by atoms with Crippen molar-refractivity contribution in [2.24, 2.45) is 0 Å². The number of carbonyl (C=O) groups is 1. The van der Waals surface area contributed by atoms with E-state index in [9.17, 15) is 4.79 Å². The van der Waals surface area contributed by atoms with Crippen LogP contribution >= 0.6 is 0 Å². The summed E-state index contributed by atoms with van der Waals surface area (Å²) >= 11 is 0. The van der Waals surface area contributed by atoms with E-state index in [1.165, 1.54) is 11.3 Å². The van der Waals surface area contributed by atoms with Gasteiger partial charge in [0, 0.05) is 12.6 Å². The van der Waals surface area contributed by atoms with Crippen molar-refractivity contribution in [1.29, 1.82) is 0 Å². The van der Waals surface area contributed by atoms with Gasteiger partial charge in [-0.3, -0.25) is 4.79 Å². The standard InChI is InChI=1S/C23H30N2O2/c1-16(24-17(2)26)18-6-10-20(11-7-18)25-14-22(15-25)27-21-12-8-19(9-13-21)23(3,4)5/h6-13,16,22H,14-15H2,1-5H3,(H,24,26). The maximum absolute atomic E-state index is 11.2. The fraction of sp³-hybridized carbons (Fsp3) is 0.435. The van der Waals surface area contributed by atoms with E-state index in [0.29, 0.717) is 0 Å². The lowest BCUT2D eigenvalue weighted by atomic mass is 9.87. The van der Waals surface area contributed by atoms with Crippen LogP contribution in [-0.4, -0.2) is 25.1 Å².